The number of hydrogen-bond acceptors (Lipinski definition) is 5. The van der Waals surface area contributed by atoms with E-state index in [-0.39, 0.29) is 6.09 Å². The Morgan fingerprint density at radius 1 is 1.27 bits per heavy atom. The van der Waals surface area contributed by atoms with E-state index in [9.17, 15) is 4.79 Å². The minimum absolute atomic E-state index is 0.223. The molecule has 0 bridgehead atoms. The number of rotatable bonds is 3. The van der Waals surface area contributed by atoms with Crippen LogP contribution in [0.1, 0.15) is 45.2 Å². The summed E-state index contributed by atoms with van der Waals surface area (Å²) in [6, 6.07) is 7.57. The van der Waals surface area contributed by atoms with Crippen molar-refractivity contribution < 1.29 is 9.53 Å². The fourth-order valence-electron chi connectivity index (χ4n) is 2.87. The van der Waals surface area contributed by atoms with Crippen LogP contribution < -0.4 is 5.32 Å². The van der Waals surface area contributed by atoms with Gasteiger partial charge in [0.1, 0.15) is 5.60 Å². The van der Waals surface area contributed by atoms with E-state index in [1.807, 2.05) is 45.0 Å². The first-order chi connectivity index (χ1) is 12.3. The highest BCUT2D eigenvalue weighted by atomic mass is 35.5. The second-order valence-electron chi connectivity index (χ2n) is 7.45. The lowest BCUT2D eigenvalue weighted by molar-refractivity contribution is 0.0204. The molecule has 1 saturated heterocycles. The summed E-state index contributed by atoms with van der Waals surface area (Å²) in [5.41, 5.74) is 1.61. The standard InChI is InChI=1S/C19H24ClN3O2S/c1-19(2,3)25-18(24)23-10-8-13(9-11-23)16-12-26-17(22-16)21-15-6-4-14(20)5-7-15/h4-7,12-13H,8-11H2,1-3H3,(H,21,22). The molecule has 140 valence electrons. The van der Waals surface area contributed by atoms with Crippen LogP contribution in [0.25, 0.3) is 0 Å². The Morgan fingerprint density at radius 2 is 1.92 bits per heavy atom. The number of thiazole rings is 1. The fourth-order valence-corrected chi connectivity index (χ4v) is 3.81. The average Bonchev–Trinajstić information content (AvgIpc) is 3.04. The smallest absolute Gasteiger partial charge is 0.410 e. The number of halogens is 1. The Kier molecular flexibility index (Phi) is 5.73. The Labute approximate surface area is 163 Å². The molecule has 2 heterocycles. The first kappa shape index (κ1) is 19.0. The summed E-state index contributed by atoms with van der Waals surface area (Å²) in [5, 5.41) is 7.00. The predicted molar refractivity (Wildman–Crippen MR) is 107 cm³/mol. The number of carbonyl (C=O) groups is 1. The van der Waals surface area contributed by atoms with Crippen molar-refractivity contribution >= 4 is 39.8 Å². The number of nitrogens with one attached hydrogen (secondary N) is 1. The largest absolute Gasteiger partial charge is 0.444 e. The van der Waals surface area contributed by atoms with Crippen LogP contribution in [-0.4, -0.2) is 34.7 Å². The van der Waals surface area contributed by atoms with E-state index in [0.29, 0.717) is 24.0 Å². The SMILES string of the molecule is CC(C)(C)OC(=O)N1CCC(c2csc(Nc3ccc(Cl)cc3)n2)CC1. The summed E-state index contributed by atoms with van der Waals surface area (Å²) in [6.45, 7) is 7.08. The van der Waals surface area contributed by atoms with E-state index in [0.717, 1.165) is 29.4 Å². The van der Waals surface area contributed by atoms with Gasteiger partial charge in [-0.05, 0) is 57.9 Å². The van der Waals surface area contributed by atoms with Gasteiger partial charge in [0.15, 0.2) is 5.13 Å². The van der Waals surface area contributed by atoms with Crippen LogP contribution in [0.15, 0.2) is 29.6 Å². The molecule has 1 aromatic carbocycles. The van der Waals surface area contributed by atoms with Crippen molar-refractivity contribution in [1.82, 2.24) is 9.88 Å². The van der Waals surface area contributed by atoms with E-state index >= 15 is 0 Å². The van der Waals surface area contributed by atoms with E-state index in [1.165, 1.54) is 0 Å². The quantitative estimate of drug-likeness (QED) is 0.731. The molecule has 0 aliphatic carbocycles. The number of nitrogens with zero attached hydrogens (tertiary/aromatic N) is 2. The third-order valence-electron chi connectivity index (χ3n) is 4.18. The molecular formula is C19H24ClN3O2S. The molecule has 0 saturated carbocycles. The molecule has 1 aliphatic rings. The summed E-state index contributed by atoms with van der Waals surface area (Å²) in [5.74, 6) is 0.380. The van der Waals surface area contributed by atoms with Gasteiger partial charge in [-0.15, -0.1) is 11.3 Å². The minimum atomic E-state index is -0.453. The van der Waals surface area contributed by atoms with Crippen LogP contribution in [0.3, 0.4) is 0 Å². The maximum absolute atomic E-state index is 12.2. The van der Waals surface area contributed by atoms with Gasteiger partial charge in [0.25, 0.3) is 0 Å². The van der Waals surface area contributed by atoms with Crippen LogP contribution in [-0.2, 0) is 4.74 Å². The number of amides is 1. The molecule has 0 unspecified atom stereocenters. The zero-order valence-electron chi connectivity index (χ0n) is 15.3. The second kappa shape index (κ2) is 7.84. The highest BCUT2D eigenvalue weighted by molar-refractivity contribution is 7.13. The van der Waals surface area contributed by atoms with Gasteiger partial charge in [0.05, 0.1) is 5.69 Å². The van der Waals surface area contributed by atoms with Crippen molar-refractivity contribution in [3.8, 4) is 0 Å². The molecule has 2 aromatic rings. The molecule has 1 aromatic heterocycles. The molecule has 1 fully saturated rings. The van der Waals surface area contributed by atoms with Gasteiger partial charge in [0.2, 0.25) is 0 Å². The molecule has 1 N–H and O–H groups in total. The molecule has 7 heteroatoms. The molecule has 1 amide bonds. The Hall–Kier alpha value is -1.79. The predicted octanol–water partition coefficient (Wildman–Crippen LogP) is 5.65. The number of ether oxygens (including phenoxy) is 1. The topological polar surface area (TPSA) is 54.5 Å². The van der Waals surface area contributed by atoms with Crippen molar-refractivity contribution in [3.05, 3.63) is 40.4 Å². The average molecular weight is 394 g/mol. The zero-order chi connectivity index (χ0) is 18.7. The maximum atomic E-state index is 12.2. The number of piperidine rings is 1. The van der Waals surface area contributed by atoms with E-state index in [2.05, 4.69) is 10.7 Å². The third-order valence-corrected chi connectivity index (χ3v) is 5.21. The number of likely N-dealkylation sites (tertiary alicyclic amines) is 1. The molecule has 26 heavy (non-hydrogen) atoms. The third kappa shape index (κ3) is 5.11. The number of anilines is 2. The first-order valence-electron chi connectivity index (χ1n) is 8.76. The Morgan fingerprint density at radius 3 is 2.54 bits per heavy atom. The van der Waals surface area contributed by atoms with Gasteiger partial charge in [-0.2, -0.15) is 0 Å². The monoisotopic (exact) mass is 393 g/mol. The highest BCUT2D eigenvalue weighted by Crippen LogP contribution is 2.32. The highest BCUT2D eigenvalue weighted by Gasteiger charge is 2.28. The first-order valence-corrected chi connectivity index (χ1v) is 10.0. The van der Waals surface area contributed by atoms with Crippen LogP contribution in [0.4, 0.5) is 15.6 Å². The number of aromatic nitrogens is 1. The van der Waals surface area contributed by atoms with Gasteiger partial charge in [-0.1, -0.05) is 11.6 Å². The van der Waals surface area contributed by atoms with Crippen molar-refractivity contribution in [3.63, 3.8) is 0 Å². The molecule has 0 atom stereocenters. The van der Waals surface area contributed by atoms with Crippen LogP contribution in [0.5, 0.6) is 0 Å². The van der Waals surface area contributed by atoms with Gasteiger partial charge in [-0.3, -0.25) is 0 Å². The van der Waals surface area contributed by atoms with Gasteiger partial charge < -0.3 is 15.0 Å². The number of carbonyl (C=O) groups excluding carboxylic acids is 1. The van der Waals surface area contributed by atoms with E-state index in [1.54, 1.807) is 16.2 Å². The summed E-state index contributed by atoms with van der Waals surface area (Å²) in [6.07, 6.45) is 1.59. The van der Waals surface area contributed by atoms with Gasteiger partial charge in [-0.25, -0.2) is 9.78 Å². The lowest BCUT2D eigenvalue weighted by Gasteiger charge is -2.32. The Bertz CT molecular complexity index is 747. The molecule has 1 aliphatic heterocycles. The molecule has 5 nitrogen and oxygen atoms in total. The van der Waals surface area contributed by atoms with Crippen molar-refractivity contribution in [1.29, 1.82) is 0 Å². The van der Waals surface area contributed by atoms with Gasteiger partial charge in [0, 0.05) is 35.1 Å². The van der Waals surface area contributed by atoms with E-state index < -0.39 is 5.60 Å². The molecular weight excluding hydrogens is 370 g/mol. The summed E-state index contributed by atoms with van der Waals surface area (Å²) in [4.78, 5) is 18.7. The van der Waals surface area contributed by atoms with Crippen LogP contribution in [0.2, 0.25) is 5.02 Å². The number of hydrogen-bond donors (Lipinski definition) is 1. The second-order valence-corrected chi connectivity index (χ2v) is 8.75. The zero-order valence-corrected chi connectivity index (χ0v) is 16.9. The summed E-state index contributed by atoms with van der Waals surface area (Å²) in [7, 11) is 0. The van der Waals surface area contributed by atoms with Crippen molar-refractivity contribution in [2.45, 2.75) is 45.1 Å². The van der Waals surface area contributed by atoms with Crippen LogP contribution >= 0.6 is 22.9 Å². The fraction of sp³-hybridized carbons (Fsp3) is 0.474. The summed E-state index contributed by atoms with van der Waals surface area (Å²) < 4.78 is 5.45. The number of benzene rings is 1. The van der Waals surface area contributed by atoms with Crippen molar-refractivity contribution in [2.24, 2.45) is 0 Å². The maximum Gasteiger partial charge on any atom is 0.410 e. The Balaban J connectivity index is 1.54. The van der Waals surface area contributed by atoms with Crippen LogP contribution in [0, 0.1) is 0 Å². The van der Waals surface area contributed by atoms with Gasteiger partial charge >= 0.3 is 6.09 Å². The lowest BCUT2D eigenvalue weighted by atomic mass is 9.94. The minimum Gasteiger partial charge on any atom is -0.444 e. The summed E-state index contributed by atoms with van der Waals surface area (Å²) >= 11 is 7.51. The normalized spacial score (nSPS) is 15.8. The molecule has 3 rings (SSSR count). The lowest BCUT2D eigenvalue weighted by Crippen LogP contribution is -2.41. The molecule has 0 spiro atoms. The van der Waals surface area contributed by atoms with Crippen molar-refractivity contribution in [2.75, 3.05) is 18.4 Å². The van der Waals surface area contributed by atoms with E-state index in [4.69, 9.17) is 21.3 Å². The molecule has 0 radical (unpaired) electrons.